The number of carbonyl (C=O) groups is 2. The molecule has 8 nitrogen and oxygen atoms in total. The van der Waals surface area contributed by atoms with Crippen LogP contribution in [0.15, 0.2) is 18.2 Å². The van der Waals surface area contributed by atoms with Crippen LogP contribution in [0.5, 0.6) is 0 Å². The number of nitro benzene ring substituents is 1. The molecule has 1 aromatic rings. The molecule has 0 saturated heterocycles. The van der Waals surface area contributed by atoms with Gasteiger partial charge in [0.25, 0.3) is 11.6 Å². The van der Waals surface area contributed by atoms with Crippen LogP contribution < -0.4 is 5.32 Å². The van der Waals surface area contributed by atoms with Crippen LogP contribution in [0.2, 0.25) is 0 Å². The van der Waals surface area contributed by atoms with Crippen molar-refractivity contribution < 1.29 is 14.5 Å². The summed E-state index contributed by atoms with van der Waals surface area (Å²) >= 11 is 0. The van der Waals surface area contributed by atoms with Crippen LogP contribution in [-0.4, -0.2) is 61.3 Å². The molecule has 0 aliphatic heterocycles. The number of likely N-dealkylation sites (N-methyl/N-ethyl adjacent to an activating group) is 2. The molecule has 114 valence electrons. The van der Waals surface area contributed by atoms with E-state index in [1.807, 2.05) is 0 Å². The first-order chi connectivity index (χ1) is 9.77. The molecule has 1 rings (SSSR count). The fourth-order valence-electron chi connectivity index (χ4n) is 1.66. The van der Waals surface area contributed by atoms with Crippen molar-refractivity contribution in [3.05, 3.63) is 33.9 Å². The Morgan fingerprint density at radius 3 is 2.38 bits per heavy atom. The van der Waals surface area contributed by atoms with Gasteiger partial charge in [0.05, 0.1) is 11.5 Å². The maximum absolute atomic E-state index is 12.2. The Balaban J connectivity index is 3.00. The van der Waals surface area contributed by atoms with Gasteiger partial charge in [0, 0.05) is 39.8 Å². The standard InChI is InChI=1S/C13H18N4O4/c1-14-10-6-5-9(7-11(10)17(20)21)13(19)16(4)8-12(18)15(2)3/h5-7,14H,8H2,1-4H3. The maximum Gasteiger partial charge on any atom is 0.293 e. The van der Waals surface area contributed by atoms with E-state index >= 15 is 0 Å². The third-order valence-electron chi connectivity index (χ3n) is 2.93. The summed E-state index contributed by atoms with van der Waals surface area (Å²) in [4.78, 5) is 36.8. The number of nitrogens with one attached hydrogen (secondary N) is 1. The summed E-state index contributed by atoms with van der Waals surface area (Å²) in [6, 6.07) is 4.15. The summed E-state index contributed by atoms with van der Waals surface area (Å²) in [6.07, 6.45) is 0. The van der Waals surface area contributed by atoms with Crippen LogP contribution in [0.1, 0.15) is 10.4 Å². The second kappa shape index (κ2) is 6.69. The normalized spacial score (nSPS) is 9.90. The number of hydrogen-bond donors (Lipinski definition) is 1. The first-order valence-electron chi connectivity index (χ1n) is 6.19. The Kier molecular flexibility index (Phi) is 5.23. The smallest absolute Gasteiger partial charge is 0.293 e. The van der Waals surface area contributed by atoms with Crippen molar-refractivity contribution in [2.75, 3.05) is 40.1 Å². The fourth-order valence-corrected chi connectivity index (χ4v) is 1.66. The Bertz CT molecular complexity index is 571. The predicted molar refractivity (Wildman–Crippen MR) is 78.3 cm³/mol. The molecule has 0 aliphatic rings. The molecule has 0 fully saturated rings. The van der Waals surface area contributed by atoms with Crippen molar-refractivity contribution in [1.82, 2.24) is 9.80 Å². The van der Waals surface area contributed by atoms with Gasteiger partial charge in [-0.05, 0) is 12.1 Å². The van der Waals surface area contributed by atoms with Gasteiger partial charge in [0.1, 0.15) is 5.69 Å². The average Bonchev–Trinajstić information content (AvgIpc) is 2.45. The molecule has 2 amide bonds. The molecule has 1 aromatic carbocycles. The summed E-state index contributed by atoms with van der Waals surface area (Å²) in [6.45, 7) is -0.0899. The summed E-state index contributed by atoms with van der Waals surface area (Å²) in [5, 5.41) is 13.7. The Hall–Kier alpha value is -2.64. The Morgan fingerprint density at radius 1 is 1.29 bits per heavy atom. The van der Waals surface area contributed by atoms with E-state index in [1.165, 1.54) is 35.0 Å². The monoisotopic (exact) mass is 294 g/mol. The minimum atomic E-state index is -0.562. The number of benzene rings is 1. The largest absolute Gasteiger partial charge is 0.383 e. The predicted octanol–water partition coefficient (Wildman–Crippen LogP) is 0.797. The molecule has 0 heterocycles. The van der Waals surface area contributed by atoms with E-state index in [4.69, 9.17) is 0 Å². The van der Waals surface area contributed by atoms with E-state index in [1.54, 1.807) is 21.1 Å². The highest BCUT2D eigenvalue weighted by molar-refractivity contribution is 5.97. The van der Waals surface area contributed by atoms with Gasteiger partial charge in [-0.3, -0.25) is 19.7 Å². The number of hydrogen-bond acceptors (Lipinski definition) is 5. The van der Waals surface area contributed by atoms with Gasteiger partial charge in [-0.1, -0.05) is 0 Å². The van der Waals surface area contributed by atoms with Crippen molar-refractivity contribution >= 4 is 23.2 Å². The van der Waals surface area contributed by atoms with Gasteiger partial charge in [-0.25, -0.2) is 0 Å². The number of rotatable bonds is 5. The van der Waals surface area contributed by atoms with Gasteiger partial charge in [0.15, 0.2) is 0 Å². The van der Waals surface area contributed by atoms with E-state index < -0.39 is 10.8 Å². The van der Waals surface area contributed by atoms with Crippen molar-refractivity contribution in [3.63, 3.8) is 0 Å². The second-order valence-electron chi connectivity index (χ2n) is 4.69. The van der Waals surface area contributed by atoms with Gasteiger partial charge >= 0.3 is 0 Å². The molecule has 0 atom stereocenters. The quantitative estimate of drug-likeness (QED) is 0.640. The topological polar surface area (TPSA) is 95.8 Å². The molecule has 1 N–H and O–H groups in total. The number of carbonyl (C=O) groups excluding carboxylic acids is 2. The molecule has 21 heavy (non-hydrogen) atoms. The minimum absolute atomic E-state index is 0.0899. The number of anilines is 1. The highest BCUT2D eigenvalue weighted by atomic mass is 16.6. The van der Waals surface area contributed by atoms with E-state index in [2.05, 4.69) is 5.32 Å². The summed E-state index contributed by atoms with van der Waals surface area (Å²) in [5.74, 6) is -0.678. The lowest BCUT2D eigenvalue weighted by atomic mass is 10.1. The lowest BCUT2D eigenvalue weighted by Crippen LogP contribution is -2.37. The lowest BCUT2D eigenvalue weighted by Gasteiger charge is -2.19. The third kappa shape index (κ3) is 3.91. The molecule has 0 aromatic heterocycles. The lowest BCUT2D eigenvalue weighted by molar-refractivity contribution is -0.384. The van der Waals surface area contributed by atoms with Crippen molar-refractivity contribution in [2.24, 2.45) is 0 Å². The molecule has 8 heteroatoms. The molecule has 0 saturated carbocycles. The minimum Gasteiger partial charge on any atom is -0.383 e. The van der Waals surface area contributed by atoms with Gasteiger partial charge in [-0.2, -0.15) is 0 Å². The number of amides is 2. The summed E-state index contributed by atoms with van der Waals surface area (Å²) in [7, 11) is 6.22. The zero-order chi connectivity index (χ0) is 16.2. The highest BCUT2D eigenvalue weighted by Gasteiger charge is 2.20. The highest BCUT2D eigenvalue weighted by Crippen LogP contribution is 2.25. The van der Waals surface area contributed by atoms with Gasteiger partial charge in [-0.15, -0.1) is 0 Å². The SMILES string of the molecule is CNc1ccc(C(=O)N(C)CC(=O)N(C)C)cc1[N+](=O)[O-]. The fraction of sp³-hybridized carbons (Fsp3) is 0.385. The second-order valence-corrected chi connectivity index (χ2v) is 4.69. The first kappa shape index (κ1) is 16.4. The molecule has 0 radical (unpaired) electrons. The van der Waals surface area contributed by atoms with Crippen molar-refractivity contribution in [2.45, 2.75) is 0 Å². The zero-order valence-electron chi connectivity index (χ0n) is 12.4. The first-order valence-corrected chi connectivity index (χ1v) is 6.19. The molecule has 0 spiro atoms. The van der Waals surface area contributed by atoms with E-state index in [-0.39, 0.29) is 23.7 Å². The van der Waals surface area contributed by atoms with Crippen LogP contribution in [0, 0.1) is 10.1 Å². The zero-order valence-corrected chi connectivity index (χ0v) is 12.4. The maximum atomic E-state index is 12.2. The molecule has 0 bridgehead atoms. The average molecular weight is 294 g/mol. The van der Waals surface area contributed by atoms with Gasteiger partial charge in [0.2, 0.25) is 5.91 Å². The van der Waals surface area contributed by atoms with Gasteiger partial charge < -0.3 is 15.1 Å². The van der Waals surface area contributed by atoms with Crippen LogP contribution in [-0.2, 0) is 4.79 Å². The Labute approximate surface area is 122 Å². The number of nitro groups is 1. The molecular formula is C13H18N4O4. The third-order valence-corrected chi connectivity index (χ3v) is 2.93. The van der Waals surface area contributed by atoms with Crippen molar-refractivity contribution in [3.8, 4) is 0 Å². The van der Waals surface area contributed by atoms with E-state index in [0.29, 0.717) is 5.69 Å². The molecular weight excluding hydrogens is 276 g/mol. The van der Waals surface area contributed by atoms with Crippen molar-refractivity contribution in [1.29, 1.82) is 0 Å². The summed E-state index contributed by atoms with van der Waals surface area (Å²) < 4.78 is 0. The summed E-state index contributed by atoms with van der Waals surface area (Å²) in [5.41, 5.74) is 0.300. The van der Waals surface area contributed by atoms with Crippen LogP contribution in [0.25, 0.3) is 0 Å². The Morgan fingerprint density at radius 2 is 1.90 bits per heavy atom. The van der Waals surface area contributed by atoms with E-state index in [9.17, 15) is 19.7 Å². The van der Waals surface area contributed by atoms with Crippen LogP contribution in [0.4, 0.5) is 11.4 Å². The van der Waals surface area contributed by atoms with Crippen LogP contribution in [0.3, 0.4) is 0 Å². The van der Waals surface area contributed by atoms with E-state index in [0.717, 1.165) is 0 Å². The molecule has 0 aliphatic carbocycles. The number of nitrogens with zero attached hydrogens (tertiary/aromatic N) is 3. The van der Waals surface area contributed by atoms with Crippen LogP contribution >= 0.6 is 0 Å². The molecule has 0 unspecified atom stereocenters.